The van der Waals surface area contributed by atoms with Crippen molar-refractivity contribution < 1.29 is 14.6 Å². The van der Waals surface area contributed by atoms with Crippen LogP contribution < -0.4 is 0 Å². The summed E-state index contributed by atoms with van der Waals surface area (Å²) in [6.07, 6.45) is 8.09. The maximum Gasteiger partial charge on any atom is 0.253 e. The first kappa shape index (κ1) is 22.8. The molecule has 2 heterocycles. The number of aromatic nitrogens is 2. The van der Waals surface area contributed by atoms with E-state index in [1.807, 2.05) is 36.8 Å². The zero-order valence-corrected chi connectivity index (χ0v) is 19.9. The maximum absolute atomic E-state index is 12.5. The average Bonchev–Trinajstić information content (AvgIpc) is 3.45. The highest BCUT2D eigenvalue weighted by atomic mass is 16.5. The molecule has 6 nitrogen and oxygen atoms in total. The Labute approximate surface area is 201 Å². The third-order valence-corrected chi connectivity index (χ3v) is 7.45. The van der Waals surface area contributed by atoms with Gasteiger partial charge in [0.2, 0.25) is 0 Å². The first-order chi connectivity index (χ1) is 16.5. The highest BCUT2D eigenvalue weighted by molar-refractivity contribution is 5.95. The third-order valence-electron chi connectivity index (χ3n) is 7.45. The Morgan fingerprint density at radius 3 is 2.65 bits per heavy atom. The molecule has 0 saturated heterocycles. The number of hydrogen-bond acceptors (Lipinski definition) is 4. The Hall–Kier alpha value is -2.96. The van der Waals surface area contributed by atoms with Gasteiger partial charge in [0.15, 0.2) is 0 Å². The van der Waals surface area contributed by atoms with E-state index in [9.17, 15) is 9.90 Å². The van der Waals surface area contributed by atoms with Crippen molar-refractivity contribution in [3.63, 3.8) is 0 Å². The molecule has 6 heteroatoms. The largest absolute Gasteiger partial charge is 0.393 e. The van der Waals surface area contributed by atoms with Crippen LogP contribution in [0.3, 0.4) is 0 Å². The molecular weight excluding hydrogens is 426 g/mol. The predicted molar refractivity (Wildman–Crippen MR) is 131 cm³/mol. The van der Waals surface area contributed by atoms with E-state index in [1.165, 1.54) is 11.1 Å². The predicted octanol–water partition coefficient (Wildman–Crippen LogP) is 4.68. The van der Waals surface area contributed by atoms with Crippen LogP contribution >= 0.6 is 0 Å². The first-order valence-electron chi connectivity index (χ1n) is 12.2. The van der Waals surface area contributed by atoms with Gasteiger partial charge in [0.05, 0.1) is 43.1 Å². The summed E-state index contributed by atoms with van der Waals surface area (Å²) in [4.78, 5) is 18.4. The van der Waals surface area contributed by atoms with Gasteiger partial charge in [-0.25, -0.2) is 4.98 Å². The lowest BCUT2D eigenvalue weighted by Crippen LogP contribution is -2.31. The topological polar surface area (TPSA) is 67.6 Å². The van der Waals surface area contributed by atoms with Crippen molar-refractivity contribution in [1.82, 2.24) is 14.5 Å². The third kappa shape index (κ3) is 4.40. The number of amides is 1. The Balaban J connectivity index is 1.16. The second-order valence-corrected chi connectivity index (χ2v) is 9.80. The fourth-order valence-corrected chi connectivity index (χ4v) is 5.54. The molecule has 1 N–H and O–H groups in total. The van der Waals surface area contributed by atoms with Crippen LogP contribution in [0.25, 0.3) is 11.3 Å². The molecule has 5 rings (SSSR count). The summed E-state index contributed by atoms with van der Waals surface area (Å²) in [5, 5.41) is 11.1. The molecule has 2 unspecified atom stereocenters. The minimum absolute atomic E-state index is 0.000524. The van der Waals surface area contributed by atoms with Gasteiger partial charge in [0.25, 0.3) is 5.91 Å². The highest BCUT2D eigenvalue weighted by Crippen LogP contribution is 2.42. The lowest BCUT2D eigenvalue weighted by atomic mass is 9.81. The van der Waals surface area contributed by atoms with Crippen molar-refractivity contribution in [2.75, 3.05) is 14.1 Å². The molecule has 1 aliphatic carbocycles. The van der Waals surface area contributed by atoms with E-state index in [0.29, 0.717) is 18.6 Å². The molecule has 1 fully saturated rings. The molecule has 3 aromatic rings. The fraction of sp³-hybridized carbons (Fsp3) is 0.429. The summed E-state index contributed by atoms with van der Waals surface area (Å²) in [6.45, 7) is 0.440. The minimum atomic E-state index is -0.356. The molecule has 2 atom stereocenters. The van der Waals surface area contributed by atoms with Crippen LogP contribution in [-0.2, 0) is 11.3 Å². The zero-order valence-electron chi connectivity index (χ0n) is 19.9. The van der Waals surface area contributed by atoms with Crippen molar-refractivity contribution in [2.45, 2.75) is 57.0 Å². The van der Waals surface area contributed by atoms with Gasteiger partial charge in [0.1, 0.15) is 0 Å². The molecule has 0 bridgehead atoms. The number of nitrogens with zero attached hydrogens (tertiary/aromatic N) is 3. The normalized spacial score (nSPS) is 22.1. The molecule has 2 aliphatic rings. The second-order valence-electron chi connectivity index (χ2n) is 9.80. The Morgan fingerprint density at radius 2 is 1.85 bits per heavy atom. The van der Waals surface area contributed by atoms with E-state index in [1.54, 1.807) is 19.0 Å². The van der Waals surface area contributed by atoms with Crippen LogP contribution in [0.4, 0.5) is 0 Å². The minimum Gasteiger partial charge on any atom is -0.393 e. The SMILES string of the molecule is CN(C)C(=O)c1ccccc1COC1CCC(C(O)CC2c3ccccc3-c3cncn32)CC1. The van der Waals surface area contributed by atoms with Crippen LogP contribution in [0, 0.1) is 5.92 Å². The quantitative estimate of drug-likeness (QED) is 0.557. The van der Waals surface area contributed by atoms with Gasteiger partial charge >= 0.3 is 0 Å². The fourth-order valence-electron chi connectivity index (χ4n) is 5.54. The number of rotatable bonds is 7. The number of carbonyl (C=O) groups is 1. The standard InChI is InChI=1S/C28H33N3O3/c1-30(2)28(33)22-8-4-3-7-20(22)17-34-21-13-11-19(12-14-21)27(32)15-25-23-9-5-6-10-24(23)26-16-29-18-31(25)26/h3-10,16,18-19,21,25,27,32H,11-15,17H2,1-2H3. The van der Waals surface area contributed by atoms with Gasteiger partial charge in [-0.3, -0.25) is 4.79 Å². The number of hydrogen-bond donors (Lipinski definition) is 1. The number of imidazole rings is 1. The maximum atomic E-state index is 12.5. The number of ether oxygens (including phenoxy) is 1. The second kappa shape index (κ2) is 9.72. The summed E-state index contributed by atoms with van der Waals surface area (Å²) < 4.78 is 8.42. The highest BCUT2D eigenvalue weighted by Gasteiger charge is 2.33. The average molecular weight is 460 g/mol. The number of fused-ring (bicyclic) bond motifs is 3. The molecule has 1 saturated carbocycles. The molecule has 1 aliphatic heterocycles. The zero-order chi connectivity index (χ0) is 23.7. The van der Waals surface area contributed by atoms with Crippen LogP contribution in [-0.4, -0.2) is 51.8 Å². The lowest BCUT2D eigenvalue weighted by molar-refractivity contribution is -0.0162. The number of aliphatic hydroxyl groups is 1. The molecule has 178 valence electrons. The Morgan fingerprint density at radius 1 is 1.12 bits per heavy atom. The Bertz CT molecular complexity index is 1150. The summed E-state index contributed by atoms with van der Waals surface area (Å²) in [7, 11) is 3.54. The van der Waals surface area contributed by atoms with E-state index in [4.69, 9.17) is 4.74 Å². The monoisotopic (exact) mass is 459 g/mol. The summed E-state index contributed by atoms with van der Waals surface area (Å²) >= 11 is 0. The molecule has 1 amide bonds. The van der Waals surface area contributed by atoms with Crippen molar-refractivity contribution in [2.24, 2.45) is 5.92 Å². The van der Waals surface area contributed by atoms with Crippen LogP contribution in [0.5, 0.6) is 0 Å². The molecule has 34 heavy (non-hydrogen) atoms. The smallest absolute Gasteiger partial charge is 0.253 e. The van der Waals surface area contributed by atoms with E-state index in [2.05, 4.69) is 33.8 Å². The van der Waals surface area contributed by atoms with Gasteiger partial charge in [-0.15, -0.1) is 0 Å². The molecule has 2 aromatic carbocycles. The molecule has 1 aromatic heterocycles. The van der Waals surface area contributed by atoms with Gasteiger partial charge in [-0.2, -0.15) is 0 Å². The van der Waals surface area contributed by atoms with Gasteiger partial charge < -0.3 is 19.3 Å². The van der Waals surface area contributed by atoms with Crippen molar-refractivity contribution in [1.29, 1.82) is 0 Å². The van der Waals surface area contributed by atoms with Crippen LogP contribution in [0.2, 0.25) is 0 Å². The molecule has 0 spiro atoms. The van der Waals surface area contributed by atoms with Crippen LogP contribution in [0.15, 0.2) is 61.1 Å². The Kier molecular flexibility index (Phi) is 6.53. The lowest BCUT2D eigenvalue weighted by Gasteiger charge is -2.33. The van der Waals surface area contributed by atoms with E-state index in [0.717, 1.165) is 36.9 Å². The number of aliphatic hydroxyl groups excluding tert-OH is 1. The van der Waals surface area contributed by atoms with E-state index in [-0.39, 0.29) is 30.1 Å². The number of benzene rings is 2. The first-order valence-corrected chi connectivity index (χ1v) is 12.2. The van der Waals surface area contributed by atoms with Gasteiger partial charge in [0, 0.05) is 25.2 Å². The molecular formula is C28H33N3O3. The van der Waals surface area contributed by atoms with Gasteiger partial charge in [-0.1, -0.05) is 42.5 Å². The van der Waals surface area contributed by atoms with Gasteiger partial charge in [-0.05, 0) is 55.2 Å². The molecule has 0 radical (unpaired) electrons. The van der Waals surface area contributed by atoms with Crippen molar-refractivity contribution in [3.05, 3.63) is 77.7 Å². The summed E-state index contributed by atoms with van der Waals surface area (Å²) in [6, 6.07) is 16.3. The summed E-state index contributed by atoms with van der Waals surface area (Å²) in [5.41, 5.74) is 5.27. The van der Waals surface area contributed by atoms with Crippen molar-refractivity contribution >= 4 is 5.91 Å². The number of carbonyl (C=O) groups excluding carboxylic acids is 1. The van der Waals surface area contributed by atoms with Crippen molar-refractivity contribution in [3.8, 4) is 11.3 Å². The summed E-state index contributed by atoms with van der Waals surface area (Å²) in [5.74, 6) is 0.280. The van der Waals surface area contributed by atoms with Crippen LogP contribution in [0.1, 0.15) is 59.6 Å². The van der Waals surface area contributed by atoms with E-state index < -0.39 is 0 Å². The van der Waals surface area contributed by atoms with E-state index >= 15 is 0 Å².